The van der Waals surface area contributed by atoms with Crippen molar-refractivity contribution in [3.8, 4) is 5.75 Å². The number of thioether (sulfide) groups is 1. The highest BCUT2D eigenvalue weighted by molar-refractivity contribution is 8.27. The molecule has 1 N–H and O–H groups in total. The standard InChI is InChI=1S/C18H15NO2S2/c1-11-5-3-6-12(2)16(11)19-17(21)15(23-18(19)22)10-13-7-4-8-14(20)9-13/h3-10,20H,1-2H3/b15-10-. The summed E-state index contributed by atoms with van der Waals surface area (Å²) in [6, 6.07) is 12.7. The summed E-state index contributed by atoms with van der Waals surface area (Å²) >= 11 is 6.70. The number of aryl methyl sites for hydroxylation is 2. The van der Waals surface area contributed by atoms with E-state index in [1.165, 1.54) is 11.8 Å². The maximum Gasteiger partial charge on any atom is 0.270 e. The highest BCUT2D eigenvalue weighted by Gasteiger charge is 2.34. The maximum atomic E-state index is 12.8. The first kappa shape index (κ1) is 15.8. The molecular weight excluding hydrogens is 326 g/mol. The zero-order valence-corrected chi connectivity index (χ0v) is 14.4. The lowest BCUT2D eigenvalue weighted by molar-refractivity contribution is -0.113. The summed E-state index contributed by atoms with van der Waals surface area (Å²) in [5, 5.41) is 9.55. The lowest BCUT2D eigenvalue weighted by Crippen LogP contribution is -2.29. The third-order valence-corrected chi connectivity index (χ3v) is 4.93. The van der Waals surface area contributed by atoms with Crippen LogP contribution < -0.4 is 4.90 Å². The van der Waals surface area contributed by atoms with Crippen molar-refractivity contribution in [3.63, 3.8) is 0 Å². The van der Waals surface area contributed by atoms with Crippen molar-refractivity contribution in [3.05, 3.63) is 64.1 Å². The van der Waals surface area contributed by atoms with E-state index in [0.29, 0.717) is 9.23 Å². The van der Waals surface area contributed by atoms with E-state index in [2.05, 4.69) is 0 Å². The van der Waals surface area contributed by atoms with Gasteiger partial charge in [0.2, 0.25) is 0 Å². The third kappa shape index (κ3) is 3.02. The number of nitrogens with zero attached hydrogens (tertiary/aromatic N) is 1. The van der Waals surface area contributed by atoms with Crippen LogP contribution in [0.5, 0.6) is 5.75 Å². The molecule has 2 aromatic rings. The average Bonchev–Trinajstić information content (AvgIpc) is 2.75. The van der Waals surface area contributed by atoms with Gasteiger partial charge in [-0.25, -0.2) is 0 Å². The first-order chi connectivity index (χ1) is 11.0. The van der Waals surface area contributed by atoms with Gasteiger partial charge in [-0.3, -0.25) is 9.69 Å². The Morgan fingerprint density at radius 3 is 2.43 bits per heavy atom. The highest BCUT2D eigenvalue weighted by atomic mass is 32.2. The van der Waals surface area contributed by atoms with Gasteiger partial charge < -0.3 is 5.11 Å². The number of hydrogen-bond donors (Lipinski definition) is 1. The molecule has 1 aliphatic heterocycles. The molecule has 23 heavy (non-hydrogen) atoms. The molecule has 1 fully saturated rings. The van der Waals surface area contributed by atoms with Crippen molar-refractivity contribution < 1.29 is 9.90 Å². The molecule has 0 aliphatic carbocycles. The van der Waals surface area contributed by atoms with Crippen LogP contribution in [-0.4, -0.2) is 15.3 Å². The number of phenols is 1. The molecule has 3 nitrogen and oxygen atoms in total. The van der Waals surface area contributed by atoms with Gasteiger partial charge in [-0.15, -0.1) is 0 Å². The van der Waals surface area contributed by atoms with Crippen LogP contribution in [0.15, 0.2) is 47.4 Å². The summed E-state index contributed by atoms with van der Waals surface area (Å²) in [6.07, 6.45) is 1.76. The van der Waals surface area contributed by atoms with Gasteiger partial charge in [0, 0.05) is 0 Å². The summed E-state index contributed by atoms with van der Waals surface area (Å²) in [5.41, 5.74) is 3.65. The molecule has 0 unspecified atom stereocenters. The lowest BCUT2D eigenvalue weighted by atomic mass is 10.1. The predicted molar refractivity (Wildman–Crippen MR) is 99.7 cm³/mol. The minimum Gasteiger partial charge on any atom is -0.508 e. The largest absolute Gasteiger partial charge is 0.508 e. The van der Waals surface area contributed by atoms with Gasteiger partial charge in [-0.2, -0.15) is 0 Å². The molecule has 5 heteroatoms. The quantitative estimate of drug-likeness (QED) is 0.649. The molecule has 1 saturated heterocycles. The van der Waals surface area contributed by atoms with E-state index >= 15 is 0 Å². The second kappa shape index (κ2) is 6.18. The third-order valence-electron chi connectivity index (χ3n) is 3.62. The van der Waals surface area contributed by atoms with Gasteiger partial charge in [0.05, 0.1) is 10.6 Å². The van der Waals surface area contributed by atoms with E-state index in [-0.39, 0.29) is 11.7 Å². The molecule has 0 aromatic heterocycles. The van der Waals surface area contributed by atoms with Gasteiger partial charge in [0.25, 0.3) is 5.91 Å². The SMILES string of the molecule is Cc1cccc(C)c1N1C(=O)/C(=C/c2cccc(O)c2)SC1=S. The van der Waals surface area contributed by atoms with Crippen molar-refractivity contribution >= 4 is 46.0 Å². The van der Waals surface area contributed by atoms with Crippen LogP contribution in [0.4, 0.5) is 5.69 Å². The molecule has 3 rings (SSSR count). The van der Waals surface area contributed by atoms with Crippen molar-refractivity contribution in [1.29, 1.82) is 0 Å². The van der Waals surface area contributed by atoms with Crippen molar-refractivity contribution in [2.45, 2.75) is 13.8 Å². The lowest BCUT2D eigenvalue weighted by Gasteiger charge is -2.19. The first-order valence-electron chi connectivity index (χ1n) is 7.10. The zero-order chi connectivity index (χ0) is 16.6. The summed E-state index contributed by atoms with van der Waals surface area (Å²) < 4.78 is 0.527. The van der Waals surface area contributed by atoms with Gasteiger partial charge in [-0.05, 0) is 48.7 Å². The molecule has 1 amide bonds. The summed E-state index contributed by atoms with van der Waals surface area (Å²) in [5.74, 6) is 0.0460. The van der Waals surface area contributed by atoms with Gasteiger partial charge >= 0.3 is 0 Å². The van der Waals surface area contributed by atoms with Crippen LogP contribution in [0.2, 0.25) is 0 Å². The number of aromatic hydroxyl groups is 1. The van der Waals surface area contributed by atoms with E-state index in [4.69, 9.17) is 12.2 Å². The van der Waals surface area contributed by atoms with E-state index < -0.39 is 0 Å². The zero-order valence-electron chi connectivity index (χ0n) is 12.7. The Kier molecular flexibility index (Phi) is 4.24. The second-order valence-electron chi connectivity index (χ2n) is 5.35. The Morgan fingerprint density at radius 2 is 1.78 bits per heavy atom. The molecule has 2 aromatic carbocycles. The summed E-state index contributed by atoms with van der Waals surface area (Å²) in [7, 11) is 0. The van der Waals surface area contributed by atoms with Crippen molar-refractivity contribution in [2.75, 3.05) is 4.90 Å². The minimum atomic E-state index is -0.124. The number of carbonyl (C=O) groups is 1. The number of anilines is 1. The Balaban J connectivity index is 2.01. The van der Waals surface area contributed by atoms with E-state index in [1.54, 1.807) is 29.2 Å². The van der Waals surface area contributed by atoms with Crippen LogP contribution in [-0.2, 0) is 4.79 Å². The highest BCUT2D eigenvalue weighted by Crippen LogP contribution is 2.38. The minimum absolute atomic E-state index is 0.124. The summed E-state index contributed by atoms with van der Waals surface area (Å²) in [4.78, 5) is 15.0. The molecular formula is C18H15NO2S2. The summed E-state index contributed by atoms with van der Waals surface area (Å²) in [6.45, 7) is 3.94. The Hall–Kier alpha value is -2.11. The molecule has 0 saturated carbocycles. The van der Waals surface area contributed by atoms with Crippen molar-refractivity contribution in [1.82, 2.24) is 0 Å². The van der Waals surface area contributed by atoms with E-state index in [9.17, 15) is 9.90 Å². The first-order valence-corrected chi connectivity index (χ1v) is 8.33. The monoisotopic (exact) mass is 341 g/mol. The Bertz CT molecular complexity index is 822. The van der Waals surface area contributed by atoms with Gasteiger partial charge in [0.15, 0.2) is 4.32 Å². The number of para-hydroxylation sites is 1. The number of phenolic OH excluding ortho intramolecular Hbond substituents is 1. The van der Waals surface area contributed by atoms with E-state index in [1.807, 2.05) is 38.1 Å². The number of thiocarbonyl (C=S) groups is 1. The average molecular weight is 341 g/mol. The van der Waals surface area contributed by atoms with Crippen LogP contribution in [0, 0.1) is 13.8 Å². The molecule has 116 valence electrons. The van der Waals surface area contributed by atoms with Crippen molar-refractivity contribution in [2.24, 2.45) is 0 Å². The topological polar surface area (TPSA) is 40.5 Å². The second-order valence-corrected chi connectivity index (χ2v) is 7.03. The van der Waals surface area contributed by atoms with Gasteiger partial charge in [-0.1, -0.05) is 54.3 Å². The van der Waals surface area contributed by atoms with E-state index in [0.717, 1.165) is 22.4 Å². The maximum absolute atomic E-state index is 12.8. The molecule has 0 spiro atoms. The smallest absolute Gasteiger partial charge is 0.270 e. The molecule has 0 bridgehead atoms. The van der Waals surface area contributed by atoms with Crippen LogP contribution in [0.25, 0.3) is 6.08 Å². The van der Waals surface area contributed by atoms with Crippen LogP contribution in [0.3, 0.4) is 0 Å². The Morgan fingerprint density at radius 1 is 1.13 bits per heavy atom. The molecule has 1 heterocycles. The van der Waals surface area contributed by atoms with Gasteiger partial charge in [0.1, 0.15) is 5.75 Å². The van der Waals surface area contributed by atoms with Crippen LogP contribution in [0.1, 0.15) is 16.7 Å². The fourth-order valence-corrected chi connectivity index (χ4v) is 3.86. The number of amides is 1. The predicted octanol–water partition coefficient (Wildman–Crippen LogP) is 4.41. The normalized spacial score (nSPS) is 16.4. The molecule has 0 atom stereocenters. The molecule has 1 aliphatic rings. The fourth-order valence-electron chi connectivity index (χ4n) is 2.58. The Labute approximate surface area is 144 Å². The number of rotatable bonds is 2. The molecule has 0 radical (unpaired) electrons. The number of carbonyl (C=O) groups excluding carboxylic acids is 1. The van der Waals surface area contributed by atoms with Crippen LogP contribution >= 0.6 is 24.0 Å². The number of benzene rings is 2. The fraction of sp³-hybridized carbons (Fsp3) is 0.111. The number of hydrogen-bond acceptors (Lipinski definition) is 4.